The molecule has 1 fully saturated rings. The SMILES string of the molecule is CCCn1c(N)c(NC2CCC(O)CC2)c(=O)n(C)c1=O. The lowest BCUT2D eigenvalue weighted by molar-refractivity contribution is 0.126. The molecule has 2 rings (SSSR count). The number of hydrogen-bond acceptors (Lipinski definition) is 5. The lowest BCUT2D eigenvalue weighted by atomic mass is 9.93. The second-order valence-corrected chi connectivity index (χ2v) is 5.71. The molecule has 4 N–H and O–H groups in total. The summed E-state index contributed by atoms with van der Waals surface area (Å²) in [7, 11) is 1.46. The summed E-state index contributed by atoms with van der Waals surface area (Å²) in [6.45, 7) is 2.43. The van der Waals surface area contributed by atoms with Crippen molar-refractivity contribution in [1.29, 1.82) is 0 Å². The van der Waals surface area contributed by atoms with Crippen molar-refractivity contribution in [2.24, 2.45) is 7.05 Å². The van der Waals surface area contributed by atoms with Crippen LogP contribution >= 0.6 is 0 Å². The molecule has 7 nitrogen and oxygen atoms in total. The van der Waals surface area contributed by atoms with Gasteiger partial charge in [-0.1, -0.05) is 6.92 Å². The van der Waals surface area contributed by atoms with E-state index in [0.717, 1.165) is 23.8 Å². The summed E-state index contributed by atoms with van der Waals surface area (Å²) >= 11 is 0. The van der Waals surface area contributed by atoms with Gasteiger partial charge in [0.2, 0.25) is 0 Å². The number of nitrogens with zero attached hydrogens (tertiary/aromatic N) is 2. The molecule has 0 aliphatic heterocycles. The van der Waals surface area contributed by atoms with Crippen LogP contribution in [0.15, 0.2) is 9.59 Å². The zero-order valence-corrected chi connectivity index (χ0v) is 12.6. The Kier molecular flexibility index (Phi) is 4.72. The van der Waals surface area contributed by atoms with Crippen LogP contribution < -0.4 is 22.3 Å². The molecule has 0 aromatic carbocycles. The molecule has 0 saturated heterocycles. The molecule has 0 atom stereocenters. The van der Waals surface area contributed by atoms with Gasteiger partial charge in [-0.15, -0.1) is 0 Å². The Morgan fingerprint density at radius 1 is 1.29 bits per heavy atom. The molecular weight excluding hydrogens is 272 g/mol. The van der Waals surface area contributed by atoms with Gasteiger partial charge >= 0.3 is 5.69 Å². The number of aliphatic hydroxyl groups excluding tert-OH is 1. The maximum Gasteiger partial charge on any atom is 0.332 e. The largest absolute Gasteiger partial charge is 0.393 e. The summed E-state index contributed by atoms with van der Waals surface area (Å²) in [4.78, 5) is 24.3. The average Bonchev–Trinajstić information content (AvgIpc) is 2.48. The first-order chi connectivity index (χ1) is 9.95. The monoisotopic (exact) mass is 296 g/mol. The topological polar surface area (TPSA) is 102 Å². The van der Waals surface area contributed by atoms with Gasteiger partial charge in [0.15, 0.2) is 0 Å². The first kappa shape index (κ1) is 15.6. The molecule has 1 heterocycles. The van der Waals surface area contributed by atoms with E-state index in [2.05, 4.69) is 5.32 Å². The summed E-state index contributed by atoms with van der Waals surface area (Å²) in [5, 5.41) is 12.7. The van der Waals surface area contributed by atoms with E-state index < -0.39 is 5.56 Å². The summed E-state index contributed by atoms with van der Waals surface area (Å²) in [5.74, 6) is 0.205. The second-order valence-electron chi connectivity index (χ2n) is 5.71. The highest BCUT2D eigenvalue weighted by Gasteiger charge is 2.22. The van der Waals surface area contributed by atoms with E-state index in [9.17, 15) is 14.7 Å². The van der Waals surface area contributed by atoms with Gasteiger partial charge in [0.1, 0.15) is 11.5 Å². The number of rotatable bonds is 4. The van der Waals surface area contributed by atoms with Crippen LogP contribution in [0.5, 0.6) is 0 Å². The van der Waals surface area contributed by atoms with E-state index >= 15 is 0 Å². The number of aromatic nitrogens is 2. The highest BCUT2D eigenvalue weighted by molar-refractivity contribution is 5.61. The fourth-order valence-corrected chi connectivity index (χ4v) is 2.78. The number of nitrogens with two attached hydrogens (primary N) is 1. The Hall–Kier alpha value is -1.76. The van der Waals surface area contributed by atoms with E-state index in [1.807, 2.05) is 6.92 Å². The van der Waals surface area contributed by atoms with E-state index in [4.69, 9.17) is 5.73 Å². The second kappa shape index (κ2) is 6.34. The predicted molar refractivity (Wildman–Crippen MR) is 82.5 cm³/mol. The Morgan fingerprint density at radius 3 is 2.48 bits per heavy atom. The van der Waals surface area contributed by atoms with Crippen LogP contribution in [0.25, 0.3) is 0 Å². The molecule has 1 aliphatic rings. The number of anilines is 2. The van der Waals surface area contributed by atoms with Gasteiger partial charge in [-0.05, 0) is 32.1 Å². The van der Waals surface area contributed by atoms with Crippen LogP contribution in [-0.4, -0.2) is 26.4 Å². The minimum atomic E-state index is -0.393. The highest BCUT2D eigenvalue weighted by atomic mass is 16.3. The standard InChI is InChI=1S/C14H24N4O3/c1-3-8-18-12(15)11(13(20)17(2)14(18)21)16-9-4-6-10(19)7-5-9/h9-10,16,19H,3-8,15H2,1-2H3. The van der Waals surface area contributed by atoms with Crippen molar-refractivity contribution in [3.63, 3.8) is 0 Å². The Balaban J connectivity index is 2.34. The fraction of sp³-hybridized carbons (Fsp3) is 0.714. The zero-order valence-electron chi connectivity index (χ0n) is 12.6. The molecule has 1 saturated carbocycles. The molecule has 1 aromatic heterocycles. The van der Waals surface area contributed by atoms with Gasteiger partial charge in [0.25, 0.3) is 5.56 Å². The van der Waals surface area contributed by atoms with Crippen molar-refractivity contribution in [3.8, 4) is 0 Å². The molecule has 118 valence electrons. The lowest BCUT2D eigenvalue weighted by Gasteiger charge is -2.27. The third-order valence-corrected chi connectivity index (χ3v) is 4.08. The lowest BCUT2D eigenvalue weighted by Crippen LogP contribution is -2.42. The molecule has 0 spiro atoms. The number of aliphatic hydroxyl groups is 1. The van der Waals surface area contributed by atoms with Gasteiger partial charge < -0.3 is 16.2 Å². The van der Waals surface area contributed by atoms with E-state index in [0.29, 0.717) is 25.1 Å². The quantitative estimate of drug-likeness (QED) is 0.739. The summed E-state index contributed by atoms with van der Waals surface area (Å²) in [5.41, 5.74) is 5.54. The fourth-order valence-electron chi connectivity index (χ4n) is 2.78. The molecule has 7 heteroatoms. The minimum Gasteiger partial charge on any atom is -0.393 e. The Morgan fingerprint density at radius 2 is 1.90 bits per heavy atom. The normalized spacial score (nSPS) is 22.2. The third kappa shape index (κ3) is 3.12. The molecule has 0 bridgehead atoms. The van der Waals surface area contributed by atoms with Gasteiger partial charge in [-0.25, -0.2) is 4.79 Å². The zero-order chi connectivity index (χ0) is 15.6. The highest BCUT2D eigenvalue weighted by Crippen LogP contribution is 2.22. The van der Waals surface area contributed by atoms with Gasteiger partial charge in [0, 0.05) is 19.6 Å². The molecule has 1 aromatic rings. The third-order valence-electron chi connectivity index (χ3n) is 4.08. The van der Waals surface area contributed by atoms with Crippen LogP contribution in [0, 0.1) is 0 Å². The van der Waals surface area contributed by atoms with Crippen LogP contribution in [0.1, 0.15) is 39.0 Å². The molecule has 0 amide bonds. The van der Waals surface area contributed by atoms with Crippen molar-refractivity contribution in [3.05, 3.63) is 20.8 Å². The number of nitrogens with one attached hydrogen (secondary N) is 1. The Labute approximate surface area is 123 Å². The van der Waals surface area contributed by atoms with Crippen LogP contribution in [-0.2, 0) is 13.6 Å². The molecule has 1 aliphatic carbocycles. The van der Waals surface area contributed by atoms with Crippen molar-refractivity contribution in [1.82, 2.24) is 9.13 Å². The molecular formula is C14H24N4O3. The number of nitrogen functional groups attached to an aromatic ring is 1. The average molecular weight is 296 g/mol. The van der Waals surface area contributed by atoms with Crippen LogP contribution in [0.3, 0.4) is 0 Å². The first-order valence-electron chi connectivity index (χ1n) is 7.49. The predicted octanol–water partition coefficient (Wildman–Crippen LogP) is 0.255. The van der Waals surface area contributed by atoms with Gasteiger partial charge in [-0.2, -0.15) is 0 Å². The van der Waals surface area contributed by atoms with E-state index in [1.165, 1.54) is 11.6 Å². The summed E-state index contributed by atoms with van der Waals surface area (Å²) in [6, 6.07) is 0.107. The van der Waals surface area contributed by atoms with Crippen molar-refractivity contribution in [2.45, 2.75) is 57.7 Å². The van der Waals surface area contributed by atoms with Crippen molar-refractivity contribution >= 4 is 11.5 Å². The summed E-state index contributed by atoms with van der Waals surface area (Å²) in [6.07, 6.45) is 3.52. The molecule has 21 heavy (non-hydrogen) atoms. The molecule has 0 radical (unpaired) electrons. The van der Waals surface area contributed by atoms with E-state index in [1.54, 1.807) is 0 Å². The van der Waals surface area contributed by atoms with Gasteiger partial charge in [0.05, 0.1) is 6.10 Å². The van der Waals surface area contributed by atoms with Gasteiger partial charge in [-0.3, -0.25) is 13.9 Å². The molecule has 0 unspecified atom stereocenters. The summed E-state index contributed by atoms with van der Waals surface area (Å²) < 4.78 is 2.52. The minimum absolute atomic E-state index is 0.107. The Bertz CT molecular complexity index is 612. The van der Waals surface area contributed by atoms with Crippen molar-refractivity contribution < 1.29 is 5.11 Å². The maximum atomic E-state index is 12.3. The number of hydrogen-bond donors (Lipinski definition) is 3. The smallest absolute Gasteiger partial charge is 0.332 e. The maximum absolute atomic E-state index is 12.3. The first-order valence-corrected chi connectivity index (χ1v) is 7.49. The van der Waals surface area contributed by atoms with Crippen molar-refractivity contribution in [2.75, 3.05) is 11.1 Å². The van der Waals surface area contributed by atoms with Crippen LogP contribution in [0.2, 0.25) is 0 Å². The van der Waals surface area contributed by atoms with E-state index in [-0.39, 0.29) is 23.7 Å². The van der Waals surface area contributed by atoms with Crippen LogP contribution in [0.4, 0.5) is 11.5 Å².